The van der Waals surface area contributed by atoms with E-state index in [-0.39, 0.29) is 24.7 Å². The summed E-state index contributed by atoms with van der Waals surface area (Å²) >= 11 is 3.20. The molecule has 9 heteroatoms. The smallest absolute Gasteiger partial charge is 0.378 e. The van der Waals surface area contributed by atoms with E-state index in [0.29, 0.717) is 11.4 Å². The number of rotatable bonds is 3. The Balaban J connectivity index is 2.39. The molecule has 1 fully saturated rings. The molecule has 0 radical (unpaired) electrons. The second kappa shape index (κ2) is 6.23. The minimum absolute atomic E-state index is 0.120. The fourth-order valence-electron chi connectivity index (χ4n) is 2.05. The number of nitrogens with zero attached hydrogens (tertiary/aromatic N) is 1. The van der Waals surface area contributed by atoms with E-state index in [4.69, 9.17) is 4.74 Å². The van der Waals surface area contributed by atoms with Crippen LogP contribution in [0.3, 0.4) is 0 Å². The fraction of sp³-hybridized carbons (Fsp3) is 0.500. The van der Waals surface area contributed by atoms with Crippen molar-refractivity contribution in [3.63, 3.8) is 0 Å². The van der Waals surface area contributed by atoms with E-state index in [9.17, 15) is 21.6 Å². The molecule has 0 aromatic heterocycles. The minimum atomic E-state index is -4.58. The van der Waals surface area contributed by atoms with Crippen molar-refractivity contribution in [2.45, 2.75) is 17.1 Å². The lowest BCUT2D eigenvalue weighted by Crippen LogP contribution is -2.49. The van der Waals surface area contributed by atoms with Crippen molar-refractivity contribution in [3.8, 4) is 0 Å². The van der Waals surface area contributed by atoms with Gasteiger partial charge in [-0.1, -0.05) is 22.0 Å². The maximum atomic E-state index is 12.7. The van der Waals surface area contributed by atoms with Gasteiger partial charge in [-0.25, -0.2) is 8.42 Å². The fourth-order valence-corrected chi connectivity index (χ4v) is 4.41. The molecule has 1 aliphatic heterocycles. The number of ether oxygens (including phenoxy) is 1. The van der Waals surface area contributed by atoms with Gasteiger partial charge in [0.25, 0.3) is 0 Å². The van der Waals surface area contributed by atoms with E-state index < -0.39 is 27.8 Å². The van der Waals surface area contributed by atoms with Crippen molar-refractivity contribution in [1.29, 1.82) is 0 Å². The van der Waals surface area contributed by atoms with Gasteiger partial charge in [-0.2, -0.15) is 17.5 Å². The van der Waals surface area contributed by atoms with Crippen LogP contribution < -0.4 is 0 Å². The molecule has 1 aromatic rings. The summed E-state index contributed by atoms with van der Waals surface area (Å²) < 4.78 is 69.5. The molecule has 1 heterocycles. The first-order valence-corrected chi connectivity index (χ1v) is 8.66. The lowest BCUT2D eigenvalue weighted by molar-refractivity contribution is -0.137. The monoisotopic (exact) mass is 387 g/mol. The van der Waals surface area contributed by atoms with Crippen LogP contribution in [0.2, 0.25) is 0 Å². The lowest BCUT2D eigenvalue weighted by Gasteiger charge is -2.33. The first-order valence-electron chi connectivity index (χ1n) is 6.09. The van der Waals surface area contributed by atoms with Crippen LogP contribution in [-0.2, 0) is 20.9 Å². The highest BCUT2D eigenvalue weighted by atomic mass is 79.9. The maximum Gasteiger partial charge on any atom is 0.416 e. The minimum Gasteiger partial charge on any atom is -0.378 e. The normalized spacial score (nSPS) is 21.4. The molecule has 0 N–H and O–H groups in total. The Bertz CT molecular complexity index is 606. The Morgan fingerprint density at radius 3 is 2.71 bits per heavy atom. The van der Waals surface area contributed by atoms with Gasteiger partial charge in [-0.15, -0.1) is 0 Å². The van der Waals surface area contributed by atoms with E-state index in [1.165, 1.54) is 10.4 Å². The Kier molecular flexibility index (Phi) is 4.96. The lowest BCUT2D eigenvalue weighted by atomic mass is 10.2. The van der Waals surface area contributed by atoms with Gasteiger partial charge in [0, 0.05) is 11.9 Å². The largest absolute Gasteiger partial charge is 0.416 e. The first-order chi connectivity index (χ1) is 9.76. The molecule has 4 nitrogen and oxygen atoms in total. The maximum absolute atomic E-state index is 12.7. The van der Waals surface area contributed by atoms with Crippen molar-refractivity contribution < 1.29 is 26.3 Å². The molecule has 1 unspecified atom stereocenters. The van der Waals surface area contributed by atoms with Crippen LogP contribution in [0.4, 0.5) is 13.2 Å². The van der Waals surface area contributed by atoms with Crippen LogP contribution in [0.25, 0.3) is 0 Å². The van der Waals surface area contributed by atoms with E-state index in [0.717, 1.165) is 12.1 Å². The number of sulfonamides is 1. The van der Waals surface area contributed by atoms with Gasteiger partial charge < -0.3 is 4.74 Å². The van der Waals surface area contributed by atoms with Crippen molar-refractivity contribution in [2.75, 3.05) is 25.1 Å². The zero-order valence-corrected chi connectivity index (χ0v) is 13.2. The zero-order valence-electron chi connectivity index (χ0n) is 10.8. The summed E-state index contributed by atoms with van der Waals surface area (Å²) in [5.74, 6) is 0. The number of benzene rings is 1. The van der Waals surface area contributed by atoms with Gasteiger partial charge in [0.15, 0.2) is 0 Å². The molecule has 21 heavy (non-hydrogen) atoms. The summed E-state index contributed by atoms with van der Waals surface area (Å²) in [6.07, 6.45) is -4.58. The highest BCUT2D eigenvalue weighted by molar-refractivity contribution is 9.09. The topological polar surface area (TPSA) is 46.6 Å². The average molecular weight is 388 g/mol. The number of hydrogen-bond acceptors (Lipinski definition) is 3. The Hall–Kier alpha value is -0.640. The molecule has 1 aliphatic rings. The van der Waals surface area contributed by atoms with Crippen molar-refractivity contribution in [2.24, 2.45) is 0 Å². The molecular weight excluding hydrogens is 375 g/mol. The van der Waals surface area contributed by atoms with Crippen LogP contribution in [0.1, 0.15) is 5.56 Å². The number of hydrogen-bond donors (Lipinski definition) is 0. The van der Waals surface area contributed by atoms with Crippen LogP contribution >= 0.6 is 15.9 Å². The molecular formula is C12H13BrF3NO3S. The van der Waals surface area contributed by atoms with Crippen molar-refractivity contribution >= 4 is 26.0 Å². The van der Waals surface area contributed by atoms with Crippen LogP contribution in [0.5, 0.6) is 0 Å². The number of halogens is 4. The SMILES string of the molecule is O=S(=O)(c1cccc(C(F)(F)F)c1)N1CCOCC1CBr. The van der Waals surface area contributed by atoms with Crippen molar-refractivity contribution in [3.05, 3.63) is 29.8 Å². The molecule has 0 spiro atoms. The number of alkyl halides is 4. The quantitative estimate of drug-likeness (QED) is 0.748. The molecule has 0 amide bonds. The third-order valence-corrected chi connectivity index (χ3v) is 5.81. The highest BCUT2D eigenvalue weighted by Crippen LogP contribution is 2.31. The van der Waals surface area contributed by atoms with Gasteiger partial charge in [-0.05, 0) is 18.2 Å². The molecule has 1 atom stereocenters. The second-order valence-electron chi connectivity index (χ2n) is 4.52. The van der Waals surface area contributed by atoms with Crippen LogP contribution in [0, 0.1) is 0 Å². The molecule has 2 rings (SSSR count). The van der Waals surface area contributed by atoms with Gasteiger partial charge >= 0.3 is 6.18 Å². The van der Waals surface area contributed by atoms with Crippen molar-refractivity contribution in [1.82, 2.24) is 4.31 Å². The van der Waals surface area contributed by atoms with E-state index in [1.807, 2.05) is 0 Å². The van der Waals surface area contributed by atoms with Gasteiger partial charge in [0.1, 0.15) is 0 Å². The van der Waals surface area contributed by atoms with Crippen LogP contribution in [0.15, 0.2) is 29.2 Å². The predicted octanol–water partition coefficient (Wildman–Crippen LogP) is 2.49. The van der Waals surface area contributed by atoms with E-state index in [1.54, 1.807) is 0 Å². The zero-order chi connectivity index (χ0) is 15.7. The Morgan fingerprint density at radius 2 is 2.10 bits per heavy atom. The van der Waals surface area contributed by atoms with Gasteiger partial charge in [0.2, 0.25) is 10.0 Å². The molecule has 0 aliphatic carbocycles. The summed E-state index contributed by atoms with van der Waals surface area (Å²) in [7, 11) is -3.98. The number of morpholine rings is 1. The summed E-state index contributed by atoms with van der Waals surface area (Å²) in [6.45, 7) is 0.556. The van der Waals surface area contributed by atoms with Gasteiger partial charge in [-0.3, -0.25) is 0 Å². The summed E-state index contributed by atoms with van der Waals surface area (Å²) in [4.78, 5) is -0.356. The average Bonchev–Trinajstić information content (AvgIpc) is 2.46. The molecule has 0 bridgehead atoms. The summed E-state index contributed by atoms with van der Waals surface area (Å²) in [6, 6.07) is 3.35. The Labute approximate surface area is 129 Å². The molecule has 0 saturated carbocycles. The highest BCUT2D eigenvalue weighted by Gasteiger charge is 2.36. The first kappa shape index (κ1) is 16.7. The Morgan fingerprint density at radius 1 is 1.38 bits per heavy atom. The summed E-state index contributed by atoms with van der Waals surface area (Å²) in [5, 5.41) is 0.352. The van der Waals surface area contributed by atoms with E-state index >= 15 is 0 Å². The third kappa shape index (κ3) is 3.58. The summed E-state index contributed by atoms with van der Waals surface area (Å²) in [5.41, 5.74) is -0.979. The third-order valence-electron chi connectivity index (χ3n) is 3.12. The van der Waals surface area contributed by atoms with Crippen LogP contribution in [-0.4, -0.2) is 43.9 Å². The standard InChI is InChI=1S/C12H13BrF3NO3S/c13-7-10-8-20-5-4-17(10)21(18,19)11-3-1-2-9(6-11)12(14,15)16/h1-3,6,10H,4-5,7-8H2. The predicted molar refractivity (Wildman–Crippen MR) is 73.7 cm³/mol. The molecule has 118 valence electrons. The van der Waals surface area contributed by atoms with E-state index in [2.05, 4.69) is 15.9 Å². The molecule has 1 saturated heterocycles. The second-order valence-corrected chi connectivity index (χ2v) is 7.06. The van der Waals surface area contributed by atoms with Gasteiger partial charge in [0.05, 0.1) is 29.7 Å². The molecule has 1 aromatic carbocycles.